The summed E-state index contributed by atoms with van der Waals surface area (Å²) in [6.45, 7) is 8.84. The number of ether oxygens (including phenoxy) is 1. The number of carbonyl (C=O) groups is 1. The molecule has 1 aliphatic carbocycles. The summed E-state index contributed by atoms with van der Waals surface area (Å²) in [5, 5.41) is 0.708. The van der Waals surface area contributed by atoms with Gasteiger partial charge >= 0.3 is 5.97 Å². The molecule has 0 spiro atoms. The Kier molecular flexibility index (Phi) is 3.99. The van der Waals surface area contributed by atoms with Crippen molar-refractivity contribution in [2.75, 3.05) is 11.9 Å². The van der Waals surface area contributed by atoms with Gasteiger partial charge in [-0.1, -0.05) is 41.4 Å². The summed E-state index contributed by atoms with van der Waals surface area (Å²) in [4.78, 5) is 11.7. The maximum absolute atomic E-state index is 11.7. The number of alkyl halides is 1. The molecule has 0 aromatic rings. The molecule has 1 aliphatic rings. The first kappa shape index (κ1) is 12.8. The van der Waals surface area contributed by atoms with Crippen LogP contribution in [0.15, 0.2) is 11.6 Å². The lowest BCUT2D eigenvalue weighted by Gasteiger charge is -2.02. The lowest BCUT2D eigenvalue weighted by molar-refractivity contribution is -0.145. The quantitative estimate of drug-likeness (QED) is 0.447. The molecule has 86 valence electrons. The molecule has 0 heterocycles. The van der Waals surface area contributed by atoms with E-state index >= 15 is 0 Å². The van der Waals surface area contributed by atoms with Crippen molar-refractivity contribution in [2.24, 2.45) is 17.3 Å². The van der Waals surface area contributed by atoms with Crippen molar-refractivity contribution in [2.45, 2.75) is 27.7 Å². The van der Waals surface area contributed by atoms with Crippen LogP contribution < -0.4 is 0 Å². The summed E-state index contributed by atoms with van der Waals surface area (Å²) in [5.74, 6) is 0.346. The van der Waals surface area contributed by atoms with Crippen LogP contribution in [0.5, 0.6) is 0 Å². The number of esters is 1. The first-order valence-electron chi connectivity index (χ1n) is 5.29. The average Bonchev–Trinajstić information content (AvgIpc) is 2.63. The van der Waals surface area contributed by atoms with Crippen molar-refractivity contribution < 1.29 is 9.53 Å². The molecule has 0 unspecified atom stereocenters. The molecule has 0 bridgehead atoms. The monoisotopic (exact) mass is 274 g/mol. The van der Waals surface area contributed by atoms with E-state index < -0.39 is 0 Å². The fourth-order valence-corrected chi connectivity index (χ4v) is 2.19. The third kappa shape index (κ3) is 2.83. The molecular weight excluding hydrogens is 256 g/mol. The third-order valence-corrected chi connectivity index (χ3v) is 3.32. The second-order valence-corrected chi connectivity index (χ2v) is 5.72. The van der Waals surface area contributed by atoms with Crippen LogP contribution in [0.3, 0.4) is 0 Å². The van der Waals surface area contributed by atoms with Gasteiger partial charge in [-0.2, -0.15) is 0 Å². The second-order valence-electron chi connectivity index (χ2n) is 4.93. The van der Waals surface area contributed by atoms with Crippen LogP contribution in [0, 0.1) is 17.3 Å². The van der Waals surface area contributed by atoms with Gasteiger partial charge in [0, 0.05) is 5.33 Å². The fourth-order valence-electron chi connectivity index (χ4n) is 2.03. The van der Waals surface area contributed by atoms with Crippen molar-refractivity contribution in [1.82, 2.24) is 0 Å². The molecule has 0 saturated heterocycles. The number of allylic oxidation sites excluding steroid dienone is 2. The van der Waals surface area contributed by atoms with Crippen LogP contribution in [0.2, 0.25) is 0 Å². The summed E-state index contributed by atoms with van der Waals surface area (Å²) in [6, 6.07) is 0. The maximum atomic E-state index is 11.7. The summed E-state index contributed by atoms with van der Waals surface area (Å²) in [5.41, 5.74) is 1.34. The van der Waals surface area contributed by atoms with E-state index in [1.807, 2.05) is 0 Å². The summed E-state index contributed by atoms with van der Waals surface area (Å²) in [6.07, 6.45) is 2.18. The lowest BCUT2D eigenvalue weighted by atomic mass is 10.1. The molecule has 1 fully saturated rings. The van der Waals surface area contributed by atoms with E-state index in [9.17, 15) is 4.79 Å². The molecule has 0 aliphatic heterocycles. The zero-order chi connectivity index (χ0) is 11.6. The van der Waals surface area contributed by atoms with Crippen LogP contribution in [-0.4, -0.2) is 17.9 Å². The predicted molar refractivity (Wildman–Crippen MR) is 64.9 cm³/mol. The summed E-state index contributed by atoms with van der Waals surface area (Å²) >= 11 is 3.24. The number of hydrogen-bond acceptors (Lipinski definition) is 2. The zero-order valence-electron chi connectivity index (χ0n) is 9.84. The van der Waals surface area contributed by atoms with Crippen molar-refractivity contribution in [3.8, 4) is 0 Å². The van der Waals surface area contributed by atoms with Crippen molar-refractivity contribution in [3.05, 3.63) is 11.6 Å². The first-order valence-corrected chi connectivity index (χ1v) is 6.41. The number of halogens is 1. The Morgan fingerprint density at radius 3 is 2.53 bits per heavy atom. The summed E-state index contributed by atoms with van der Waals surface area (Å²) < 4.78 is 5.15. The van der Waals surface area contributed by atoms with Gasteiger partial charge in [0.2, 0.25) is 0 Å². The minimum absolute atomic E-state index is 0.0476. The Bertz CT molecular complexity index is 277. The van der Waals surface area contributed by atoms with Crippen LogP contribution in [0.25, 0.3) is 0 Å². The molecule has 0 amide bonds. The van der Waals surface area contributed by atoms with Crippen molar-refractivity contribution >= 4 is 21.9 Å². The standard InChI is InChI=1S/C12H19BrO2/c1-8(2)7-9-10(12(9,3)4)11(14)15-6-5-13/h7,9-10H,5-6H2,1-4H3/t9-,10-/m0/s1. The normalized spacial score (nSPS) is 27.0. The highest BCUT2D eigenvalue weighted by Crippen LogP contribution is 2.59. The van der Waals surface area contributed by atoms with Gasteiger partial charge in [-0.25, -0.2) is 0 Å². The van der Waals surface area contributed by atoms with E-state index in [4.69, 9.17) is 4.74 Å². The number of carbonyl (C=O) groups excluding carboxylic acids is 1. The van der Waals surface area contributed by atoms with Gasteiger partial charge in [0.15, 0.2) is 0 Å². The van der Waals surface area contributed by atoms with Crippen LogP contribution in [0.4, 0.5) is 0 Å². The van der Waals surface area contributed by atoms with Crippen molar-refractivity contribution in [3.63, 3.8) is 0 Å². The van der Waals surface area contributed by atoms with Gasteiger partial charge in [-0.3, -0.25) is 4.79 Å². The van der Waals surface area contributed by atoms with Gasteiger partial charge in [0.25, 0.3) is 0 Å². The fraction of sp³-hybridized carbons (Fsp3) is 0.750. The van der Waals surface area contributed by atoms with E-state index in [1.165, 1.54) is 5.57 Å². The molecule has 1 saturated carbocycles. The van der Waals surface area contributed by atoms with Crippen LogP contribution in [-0.2, 0) is 9.53 Å². The second kappa shape index (κ2) is 4.69. The van der Waals surface area contributed by atoms with E-state index in [1.54, 1.807) is 0 Å². The average molecular weight is 275 g/mol. The molecule has 0 aromatic heterocycles. The SMILES string of the molecule is CC(C)=C[C@H]1[C@@H](C(=O)OCCBr)C1(C)C. The van der Waals surface area contributed by atoms with E-state index in [0.717, 1.165) is 0 Å². The molecule has 2 nitrogen and oxygen atoms in total. The third-order valence-electron chi connectivity index (χ3n) is 3.00. The maximum Gasteiger partial charge on any atom is 0.310 e. The highest BCUT2D eigenvalue weighted by Gasteiger charge is 2.61. The van der Waals surface area contributed by atoms with Gasteiger partial charge < -0.3 is 4.74 Å². The van der Waals surface area contributed by atoms with Gasteiger partial charge in [0.1, 0.15) is 6.61 Å². The molecule has 0 radical (unpaired) electrons. The largest absolute Gasteiger partial charge is 0.465 e. The molecule has 2 atom stereocenters. The number of rotatable bonds is 4. The summed E-state index contributed by atoms with van der Waals surface area (Å²) in [7, 11) is 0. The Balaban J connectivity index is 2.58. The Morgan fingerprint density at radius 2 is 2.07 bits per heavy atom. The van der Waals surface area contributed by atoms with Gasteiger partial charge in [0.05, 0.1) is 5.92 Å². The molecule has 0 aromatic carbocycles. The Labute approximate surface area is 100 Å². The van der Waals surface area contributed by atoms with Crippen LogP contribution >= 0.6 is 15.9 Å². The van der Waals surface area contributed by atoms with E-state index in [2.05, 4.69) is 49.7 Å². The number of hydrogen-bond donors (Lipinski definition) is 0. The van der Waals surface area contributed by atoms with Gasteiger partial charge in [-0.05, 0) is 25.2 Å². The molecule has 1 rings (SSSR count). The minimum atomic E-state index is -0.0537. The van der Waals surface area contributed by atoms with Crippen LogP contribution in [0.1, 0.15) is 27.7 Å². The lowest BCUT2D eigenvalue weighted by Crippen LogP contribution is -2.12. The predicted octanol–water partition coefficient (Wildman–Crippen LogP) is 3.16. The van der Waals surface area contributed by atoms with E-state index in [0.29, 0.717) is 17.9 Å². The molecule has 0 N–H and O–H groups in total. The van der Waals surface area contributed by atoms with Crippen molar-refractivity contribution in [1.29, 1.82) is 0 Å². The van der Waals surface area contributed by atoms with Gasteiger partial charge in [-0.15, -0.1) is 0 Å². The van der Waals surface area contributed by atoms with E-state index in [-0.39, 0.29) is 17.3 Å². The minimum Gasteiger partial charge on any atom is -0.465 e. The Morgan fingerprint density at radius 1 is 1.47 bits per heavy atom. The Hall–Kier alpha value is -0.310. The highest BCUT2D eigenvalue weighted by atomic mass is 79.9. The zero-order valence-corrected chi connectivity index (χ0v) is 11.4. The topological polar surface area (TPSA) is 26.3 Å². The first-order chi connectivity index (χ1) is 6.91. The molecule has 15 heavy (non-hydrogen) atoms. The molecular formula is C12H19BrO2. The smallest absolute Gasteiger partial charge is 0.310 e. The molecule has 3 heteroatoms. The highest BCUT2D eigenvalue weighted by molar-refractivity contribution is 9.09.